The van der Waals surface area contributed by atoms with Crippen LogP contribution < -0.4 is 11.5 Å². The Bertz CT molecular complexity index is 576. The fourth-order valence-electron chi connectivity index (χ4n) is 5.38. The van der Waals surface area contributed by atoms with Crippen LogP contribution in [-0.2, 0) is 16.1 Å². The average Bonchev–Trinajstić information content (AvgIpc) is 2.46. The third-order valence-electron chi connectivity index (χ3n) is 5.99. The molecule has 4 bridgehead atoms. The molecule has 4 aliphatic rings. The van der Waals surface area contributed by atoms with Crippen LogP contribution in [0, 0.1) is 23.2 Å². The molecule has 0 saturated heterocycles. The van der Waals surface area contributed by atoms with Crippen LogP contribution in [0.3, 0.4) is 0 Å². The van der Waals surface area contributed by atoms with Gasteiger partial charge in [0.1, 0.15) is 6.61 Å². The van der Waals surface area contributed by atoms with Crippen molar-refractivity contribution in [3.63, 3.8) is 0 Å². The van der Waals surface area contributed by atoms with Crippen LogP contribution >= 0.6 is 0 Å². The Morgan fingerprint density at radius 1 is 1.05 bits per heavy atom. The molecular weight excluding hydrogens is 276 g/mol. The zero-order chi connectivity index (χ0) is 15.3. The normalized spacial score (nSPS) is 35.5. The molecule has 0 amide bonds. The third-order valence-corrected chi connectivity index (χ3v) is 5.99. The lowest BCUT2D eigenvalue weighted by Crippen LogP contribution is -2.50. The van der Waals surface area contributed by atoms with Gasteiger partial charge < -0.3 is 16.2 Å². The summed E-state index contributed by atoms with van der Waals surface area (Å²) >= 11 is 0. The number of ether oxygens (including phenoxy) is 1. The van der Waals surface area contributed by atoms with Gasteiger partial charge in [0.25, 0.3) is 0 Å². The monoisotopic (exact) mass is 300 g/mol. The molecule has 5 rings (SSSR count). The summed E-state index contributed by atoms with van der Waals surface area (Å²) in [6.07, 6.45) is 7.13. The second-order valence-corrected chi connectivity index (χ2v) is 7.74. The Kier molecular flexibility index (Phi) is 3.10. The van der Waals surface area contributed by atoms with Gasteiger partial charge in [0.15, 0.2) is 0 Å². The van der Waals surface area contributed by atoms with Gasteiger partial charge in [-0.05, 0) is 74.0 Å². The number of carbonyl (C=O) groups is 1. The molecular formula is C18H24N2O2. The van der Waals surface area contributed by atoms with Crippen LogP contribution in [0.5, 0.6) is 0 Å². The first-order valence-electron chi connectivity index (χ1n) is 8.35. The van der Waals surface area contributed by atoms with E-state index in [2.05, 4.69) is 0 Å². The molecule has 22 heavy (non-hydrogen) atoms. The fourth-order valence-corrected chi connectivity index (χ4v) is 5.38. The lowest BCUT2D eigenvalue weighted by Gasteiger charge is -2.55. The summed E-state index contributed by atoms with van der Waals surface area (Å²) in [5.41, 5.74) is 13.4. The number of benzene rings is 1. The molecule has 0 unspecified atom stereocenters. The van der Waals surface area contributed by atoms with Gasteiger partial charge in [-0.25, -0.2) is 0 Å². The second kappa shape index (κ2) is 4.90. The zero-order valence-electron chi connectivity index (χ0n) is 12.9. The minimum absolute atomic E-state index is 0.0157. The molecule has 118 valence electrons. The lowest BCUT2D eigenvalue weighted by molar-refractivity contribution is -0.172. The van der Waals surface area contributed by atoms with Crippen LogP contribution in [-0.4, -0.2) is 5.97 Å². The van der Waals surface area contributed by atoms with E-state index in [1.807, 2.05) is 6.07 Å². The first-order valence-corrected chi connectivity index (χ1v) is 8.35. The Labute approximate surface area is 131 Å². The van der Waals surface area contributed by atoms with Crippen LogP contribution in [0.25, 0.3) is 0 Å². The SMILES string of the molecule is Nc1ccc(COC(=O)C23CC4CC(CC(C4)C2)C3)cc1N. The molecule has 1 aromatic rings. The number of nitrogens with two attached hydrogens (primary N) is 2. The predicted molar refractivity (Wildman–Crippen MR) is 85.7 cm³/mol. The maximum Gasteiger partial charge on any atom is 0.312 e. The van der Waals surface area contributed by atoms with E-state index in [4.69, 9.17) is 16.2 Å². The molecule has 4 fully saturated rings. The van der Waals surface area contributed by atoms with Crippen molar-refractivity contribution in [3.05, 3.63) is 23.8 Å². The largest absolute Gasteiger partial charge is 0.460 e. The van der Waals surface area contributed by atoms with Crippen molar-refractivity contribution in [2.75, 3.05) is 11.5 Å². The number of anilines is 2. The van der Waals surface area contributed by atoms with Crippen molar-refractivity contribution in [1.29, 1.82) is 0 Å². The van der Waals surface area contributed by atoms with Crippen molar-refractivity contribution in [2.45, 2.75) is 45.1 Å². The van der Waals surface area contributed by atoms with Gasteiger partial charge in [0.05, 0.1) is 16.8 Å². The molecule has 4 nitrogen and oxygen atoms in total. The molecule has 0 heterocycles. The minimum Gasteiger partial charge on any atom is -0.460 e. The second-order valence-electron chi connectivity index (χ2n) is 7.74. The highest BCUT2D eigenvalue weighted by molar-refractivity contribution is 5.77. The summed E-state index contributed by atoms with van der Waals surface area (Å²) in [5, 5.41) is 0. The van der Waals surface area contributed by atoms with Crippen molar-refractivity contribution >= 4 is 17.3 Å². The van der Waals surface area contributed by atoms with Gasteiger partial charge in [-0.15, -0.1) is 0 Å². The number of rotatable bonds is 3. The van der Waals surface area contributed by atoms with Gasteiger partial charge in [-0.1, -0.05) is 6.07 Å². The highest BCUT2D eigenvalue weighted by atomic mass is 16.5. The Hall–Kier alpha value is -1.71. The third kappa shape index (κ3) is 2.25. The summed E-state index contributed by atoms with van der Waals surface area (Å²) in [4.78, 5) is 12.7. The molecule has 4 N–H and O–H groups in total. The molecule has 0 radical (unpaired) electrons. The topological polar surface area (TPSA) is 78.3 Å². The van der Waals surface area contributed by atoms with E-state index in [0.717, 1.165) is 42.6 Å². The first kappa shape index (κ1) is 13.9. The zero-order valence-corrected chi connectivity index (χ0v) is 12.9. The maximum absolute atomic E-state index is 12.7. The quantitative estimate of drug-likeness (QED) is 0.664. The van der Waals surface area contributed by atoms with Gasteiger partial charge in [0.2, 0.25) is 0 Å². The van der Waals surface area contributed by atoms with Crippen LogP contribution in [0.2, 0.25) is 0 Å². The number of carbonyl (C=O) groups excluding carboxylic acids is 1. The van der Waals surface area contributed by atoms with Gasteiger partial charge in [-0.3, -0.25) is 4.79 Å². The molecule has 4 aliphatic carbocycles. The molecule has 0 atom stereocenters. The fraction of sp³-hybridized carbons (Fsp3) is 0.611. The van der Waals surface area contributed by atoms with Gasteiger partial charge in [-0.2, -0.15) is 0 Å². The van der Waals surface area contributed by atoms with Crippen LogP contribution in [0.1, 0.15) is 44.1 Å². The van der Waals surface area contributed by atoms with Crippen LogP contribution in [0.15, 0.2) is 18.2 Å². The van der Waals surface area contributed by atoms with E-state index in [1.165, 1.54) is 19.3 Å². The van der Waals surface area contributed by atoms with E-state index >= 15 is 0 Å². The minimum atomic E-state index is -0.186. The van der Waals surface area contributed by atoms with Crippen molar-refractivity contribution in [1.82, 2.24) is 0 Å². The van der Waals surface area contributed by atoms with Crippen molar-refractivity contribution in [3.8, 4) is 0 Å². The van der Waals surface area contributed by atoms with E-state index < -0.39 is 0 Å². The van der Waals surface area contributed by atoms with E-state index in [0.29, 0.717) is 18.0 Å². The van der Waals surface area contributed by atoms with Gasteiger partial charge in [0, 0.05) is 0 Å². The number of hydrogen-bond donors (Lipinski definition) is 2. The molecule has 0 spiro atoms. The lowest BCUT2D eigenvalue weighted by atomic mass is 9.49. The van der Waals surface area contributed by atoms with E-state index in [9.17, 15) is 4.79 Å². The summed E-state index contributed by atoms with van der Waals surface area (Å²) < 4.78 is 5.67. The Balaban J connectivity index is 1.45. The maximum atomic E-state index is 12.7. The molecule has 4 saturated carbocycles. The number of esters is 1. The summed E-state index contributed by atoms with van der Waals surface area (Å²) in [5.74, 6) is 2.28. The molecule has 0 aromatic heterocycles. The smallest absolute Gasteiger partial charge is 0.312 e. The van der Waals surface area contributed by atoms with Crippen molar-refractivity contribution < 1.29 is 9.53 Å². The van der Waals surface area contributed by atoms with Gasteiger partial charge >= 0.3 is 5.97 Å². The highest BCUT2D eigenvalue weighted by Crippen LogP contribution is 2.60. The Morgan fingerprint density at radius 2 is 1.64 bits per heavy atom. The first-order chi connectivity index (χ1) is 10.5. The average molecular weight is 300 g/mol. The summed E-state index contributed by atoms with van der Waals surface area (Å²) in [7, 11) is 0. The predicted octanol–water partition coefficient (Wildman–Crippen LogP) is 3.11. The van der Waals surface area contributed by atoms with E-state index in [-0.39, 0.29) is 11.4 Å². The van der Waals surface area contributed by atoms with Crippen LogP contribution in [0.4, 0.5) is 11.4 Å². The molecule has 0 aliphatic heterocycles. The summed E-state index contributed by atoms with van der Waals surface area (Å²) in [6, 6.07) is 5.43. The van der Waals surface area contributed by atoms with Crippen molar-refractivity contribution in [2.24, 2.45) is 23.2 Å². The Morgan fingerprint density at radius 3 is 2.18 bits per heavy atom. The van der Waals surface area contributed by atoms with E-state index in [1.54, 1.807) is 12.1 Å². The molecule has 4 heteroatoms. The summed E-state index contributed by atoms with van der Waals surface area (Å²) in [6.45, 7) is 0.297. The number of hydrogen-bond acceptors (Lipinski definition) is 4. The molecule has 1 aromatic carbocycles. The highest BCUT2D eigenvalue weighted by Gasteiger charge is 2.55. The standard InChI is InChI=1S/C18H24N2O2/c19-15-2-1-11(6-16(15)20)10-22-17(21)18-7-12-3-13(8-18)5-14(4-12)9-18/h1-2,6,12-14H,3-5,7-10,19-20H2. The number of nitrogen functional groups attached to an aromatic ring is 2.